The van der Waals surface area contributed by atoms with Gasteiger partial charge in [-0.15, -0.1) is 0 Å². The normalized spacial score (nSPS) is 9.00. The van der Waals surface area contributed by atoms with E-state index in [1.54, 1.807) is 12.1 Å². The molecular weight excluding hydrogens is 190 g/mol. The first-order valence-corrected chi connectivity index (χ1v) is 4.61. The molecule has 1 aromatic carbocycles. The van der Waals surface area contributed by atoms with Gasteiger partial charge in [0.1, 0.15) is 6.61 Å². The van der Waals surface area contributed by atoms with E-state index in [4.69, 9.17) is 5.11 Å². The fourth-order valence-corrected chi connectivity index (χ4v) is 1.21. The molecular formula is C12H13NO2. The van der Waals surface area contributed by atoms with Crippen molar-refractivity contribution >= 4 is 11.6 Å². The van der Waals surface area contributed by atoms with Gasteiger partial charge in [-0.05, 0) is 30.7 Å². The number of amides is 1. The minimum atomic E-state index is -0.146. The predicted molar refractivity (Wildman–Crippen MR) is 59.4 cm³/mol. The van der Waals surface area contributed by atoms with E-state index in [0.29, 0.717) is 0 Å². The summed E-state index contributed by atoms with van der Waals surface area (Å²) in [4.78, 5) is 10.9. The van der Waals surface area contributed by atoms with Gasteiger partial charge >= 0.3 is 0 Å². The largest absolute Gasteiger partial charge is 0.384 e. The van der Waals surface area contributed by atoms with Crippen molar-refractivity contribution in [3.05, 3.63) is 29.3 Å². The molecule has 0 aromatic heterocycles. The average Bonchev–Trinajstić information content (AvgIpc) is 2.18. The Bertz CT molecular complexity index is 427. The lowest BCUT2D eigenvalue weighted by atomic mass is 10.1. The minimum Gasteiger partial charge on any atom is -0.384 e. The summed E-state index contributed by atoms with van der Waals surface area (Å²) in [7, 11) is 0. The zero-order valence-electron chi connectivity index (χ0n) is 8.79. The zero-order valence-corrected chi connectivity index (χ0v) is 8.79. The molecule has 1 amide bonds. The summed E-state index contributed by atoms with van der Waals surface area (Å²) in [6, 6.07) is 5.48. The maximum atomic E-state index is 10.9. The third-order valence-electron chi connectivity index (χ3n) is 1.85. The highest BCUT2D eigenvalue weighted by Gasteiger charge is 1.99. The average molecular weight is 203 g/mol. The fourth-order valence-electron chi connectivity index (χ4n) is 1.21. The van der Waals surface area contributed by atoms with Gasteiger partial charge in [-0.1, -0.05) is 11.8 Å². The van der Waals surface area contributed by atoms with Crippen molar-refractivity contribution in [2.45, 2.75) is 13.8 Å². The van der Waals surface area contributed by atoms with Crippen LogP contribution in [0, 0.1) is 18.8 Å². The van der Waals surface area contributed by atoms with E-state index in [0.717, 1.165) is 16.8 Å². The minimum absolute atomic E-state index is 0.0905. The molecule has 1 aromatic rings. The van der Waals surface area contributed by atoms with Crippen molar-refractivity contribution < 1.29 is 9.90 Å². The number of rotatable bonds is 1. The van der Waals surface area contributed by atoms with Crippen LogP contribution in [-0.2, 0) is 4.79 Å². The van der Waals surface area contributed by atoms with Crippen LogP contribution < -0.4 is 5.32 Å². The summed E-state index contributed by atoms with van der Waals surface area (Å²) in [6.07, 6.45) is 0. The van der Waals surface area contributed by atoms with Crippen molar-refractivity contribution in [1.29, 1.82) is 0 Å². The molecule has 0 atom stereocenters. The molecule has 0 spiro atoms. The number of aliphatic hydroxyl groups excluding tert-OH is 1. The fraction of sp³-hybridized carbons (Fsp3) is 0.250. The molecule has 0 radical (unpaired) electrons. The van der Waals surface area contributed by atoms with Crippen LogP contribution in [0.5, 0.6) is 0 Å². The van der Waals surface area contributed by atoms with E-state index in [-0.39, 0.29) is 12.5 Å². The van der Waals surface area contributed by atoms with Crippen LogP contribution >= 0.6 is 0 Å². The highest BCUT2D eigenvalue weighted by molar-refractivity contribution is 5.89. The molecule has 2 N–H and O–H groups in total. The molecule has 1 rings (SSSR count). The Kier molecular flexibility index (Phi) is 3.90. The van der Waals surface area contributed by atoms with Gasteiger partial charge < -0.3 is 10.4 Å². The summed E-state index contributed by atoms with van der Waals surface area (Å²) in [5.74, 6) is 5.28. The van der Waals surface area contributed by atoms with Crippen LogP contribution in [0.25, 0.3) is 0 Å². The molecule has 3 nitrogen and oxygen atoms in total. The van der Waals surface area contributed by atoms with Gasteiger partial charge in [-0.2, -0.15) is 0 Å². The molecule has 0 unspecified atom stereocenters. The van der Waals surface area contributed by atoms with Gasteiger partial charge in [-0.25, -0.2) is 0 Å². The van der Waals surface area contributed by atoms with E-state index in [1.807, 2.05) is 13.0 Å². The van der Waals surface area contributed by atoms with E-state index in [9.17, 15) is 4.79 Å². The van der Waals surface area contributed by atoms with Crippen LogP contribution in [0.3, 0.4) is 0 Å². The predicted octanol–water partition coefficient (Wildman–Crippen LogP) is 1.30. The Morgan fingerprint density at radius 2 is 2.27 bits per heavy atom. The molecule has 0 aliphatic heterocycles. The molecule has 15 heavy (non-hydrogen) atoms. The van der Waals surface area contributed by atoms with Gasteiger partial charge in [-0.3, -0.25) is 4.79 Å². The Morgan fingerprint density at radius 3 is 2.80 bits per heavy atom. The summed E-state index contributed by atoms with van der Waals surface area (Å²) in [5, 5.41) is 11.3. The van der Waals surface area contributed by atoms with Gasteiger partial charge in [0, 0.05) is 18.2 Å². The molecule has 0 fully saturated rings. The summed E-state index contributed by atoms with van der Waals surface area (Å²) < 4.78 is 0. The molecule has 0 saturated carbocycles. The maximum absolute atomic E-state index is 10.9. The van der Waals surface area contributed by atoms with E-state index < -0.39 is 0 Å². The number of carbonyl (C=O) groups excluding carboxylic acids is 1. The van der Waals surface area contributed by atoms with E-state index in [1.165, 1.54) is 6.92 Å². The topological polar surface area (TPSA) is 49.3 Å². The SMILES string of the molecule is CC(=O)Nc1ccc(C#CCO)cc1C. The number of anilines is 1. The van der Waals surface area contributed by atoms with Gasteiger partial charge in [0.25, 0.3) is 0 Å². The monoisotopic (exact) mass is 203 g/mol. The highest BCUT2D eigenvalue weighted by atomic mass is 16.2. The van der Waals surface area contributed by atoms with Gasteiger partial charge in [0.05, 0.1) is 0 Å². The lowest BCUT2D eigenvalue weighted by Crippen LogP contribution is -2.06. The number of hydrogen-bond acceptors (Lipinski definition) is 2. The lowest BCUT2D eigenvalue weighted by molar-refractivity contribution is -0.114. The van der Waals surface area contributed by atoms with Crippen molar-refractivity contribution in [3.63, 3.8) is 0 Å². The summed E-state index contributed by atoms with van der Waals surface area (Å²) in [5.41, 5.74) is 2.57. The number of nitrogens with one attached hydrogen (secondary N) is 1. The Morgan fingerprint density at radius 1 is 1.53 bits per heavy atom. The smallest absolute Gasteiger partial charge is 0.221 e. The first kappa shape index (κ1) is 11.3. The maximum Gasteiger partial charge on any atom is 0.221 e. The summed E-state index contributed by atoms with van der Waals surface area (Å²) >= 11 is 0. The van der Waals surface area contributed by atoms with Crippen molar-refractivity contribution in [2.24, 2.45) is 0 Å². The van der Waals surface area contributed by atoms with Gasteiger partial charge in [0.15, 0.2) is 0 Å². The molecule has 3 heteroatoms. The molecule has 0 saturated heterocycles. The first-order chi connectivity index (χ1) is 7.13. The van der Waals surface area contributed by atoms with Crippen LogP contribution in [0.4, 0.5) is 5.69 Å². The summed E-state index contributed by atoms with van der Waals surface area (Å²) in [6.45, 7) is 3.22. The van der Waals surface area contributed by atoms with Crippen molar-refractivity contribution in [2.75, 3.05) is 11.9 Å². The third kappa shape index (κ3) is 3.45. The number of hydrogen-bond donors (Lipinski definition) is 2. The quantitative estimate of drug-likeness (QED) is 0.676. The molecule has 0 aliphatic rings. The number of aryl methyl sites for hydroxylation is 1. The Labute approximate surface area is 89.1 Å². The first-order valence-electron chi connectivity index (χ1n) is 4.61. The second-order valence-electron chi connectivity index (χ2n) is 3.17. The second kappa shape index (κ2) is 5.18. The molecule has 78 valence electrons. The van der Waals surface area contributed by atoms with Crippen molar-refractivity contribution in [1.82, 2.24) is 0 Å². The van der Waals surface area contributed by atoms with Crippen LogP contribution in [-0.4, -0.2) is 17.6 Å². The van der Waals surface area contributed by atoms with E-state index >= 15 is 0 Å². The molecule has 0 aliphatic carbocycles. The number of aliphatic hydroxyl groups is 1. The van der Waals surface area contributed by atoms with Crippen LogP contribution in [0.1, 0.15) is 18.1 Å². The molecule has 0 bridgehead atoms. The zero-order chi connectivity index (χ0) is 11.3. The number of benzene rings is 1. The lowest BCUT2D eigenvalue weighted by Gasteiger charge is -2.05. The van der Waals surface area contributed by atoms with Crippen LogP contribution in [0.15, 0.2) is 18.2 Å². The Balaban J connectivity index is 2.92. The standard InChI is InChI=1S/C12H13NO2/c1-9-8-11(4-3-7-14)5-6-12(9)13-10(2)15/h5-6,8,14H,7H2,1-2H3,(H,13,15). The number of carbonyl (C=O) groups is 1. The second-order valence-corrected chi connectivity index (χ2v) is 3.17. The Hall–Kier alpha value is -1.79. The van der Waals surface area contributed by atoms with Gasteiger partial charge in [0.2, 0.25) is 5.91 Å². The van der Waals surface area contributed by atoms with Crippen LogP contribution in [0.2, 0.25) is 0 Å². The van der Waals surface area contributed by atoms with E-state index in [2.05, 4.69) is 17.2 Å². The molecule has 0 heterocycles. The van der Waals surface area contributed by atoms with Crippen molar-refractivity contribution in [3.8, 4) is 11.8 Å². The highest BCUT2D eigenvalue weighted by Crippen LogP contribution is 2.15. The third-order valence-corrected chi connectivity index (χ3v) is 1.85.